The third kappa shape index (κ3) is 13.0. The third-order valence-electron chi connectivity index (χ3n) is 7.95. The fraction of sp³-hybridized carbons (Fsp3) is 0.667. The van der Waals surface area contributed by atoms with E-state index in [2.05, 4.69) is 29.9 Å². The summed E-state index contributed by atoms with van der Waals surface area (Å²) in [6, 6.07) is 7.29. The van der Waals surface area contributed by atoms with E-state index >= 15 is 0 Å². The number of rotatable bonds is 14. The summed E-state index contributed by atoms with van der Waals surface area (Å²) in [6.07, 6.45) is 1.86. The van der Waals surface area contributed by atoms with Crippen LogP contribution in [0.25, 0.3) is 0 Å². The normalized spacial score (nSPS) is 17.4. The first-order chi connectivity index (χ1) is 22.0. The number of hydrogen-bond acceptors (Lipinski definition) is 9. The van der Waals surface area contributed by atoms with Crippen molar-refractivity contribution in [2.24, 2.45) is 11.3 Å². The minimum absolute atomic E-state index is 0.0800. The molecule has 4 N–H and O–H groups in total. The largest absolute Gasteiger partial charge is 0.444 e. The zero-order valence-electron chi connectivity index (χ0n) is 28.9. The Morgan fingerprint density at radius 2 is 1.51 bits per heavy atom. The monoisotopic (exact) mass is 675 g/mol. The van der Waals surface area contributed by atoms with Gasteiger partial charge in [0.25, 0.3) is 0 Å². The molecule has 2 heterocycles. The van der Waals surface area contributed by atoms with E-state index in [9.17, 15) is 24.0 Å². The van der Waals surface area contributed by atoms with E-state index < -0.39 is 48.0 Å². The van der Waals surface area contributed by atoms with Crippen molar-refractivity contribution in [1.29, 1.82) is 0 Å². The Bertz CT molecular complexity index is 1220. The van der Waals surface area contributed by atoms with Gasteiger partial charge in [-0.1, -0.05) is 44.2 Å². The number of hydrogen-bond donors (Lipinski definition) is 4. The van der Waals surface area contributed by atoms with Gasteiger partial charge < -0.3 is 30.9 Å². The molecule has 3 rings (SSSR count). The molecule has 5 amide bonds. The number of nitrogens with zero attached hydrogens (tertiary/aromatic N) is 3. The lowest BCUT2D eigenvalue weighted by Gasteiger charge is -2.53. The molecule has 0 radical (unpaired) electrons. The van der Waals surface area contributed by atoms with Crippen LogP contribution in [-0.2, 0) is 30.3 Å². The zero-order valence-corrected chi connectivity index (χ0v) is 29.7. The van der Waals surface area contributed by atoms with Crippen LogP contribution >= 0.6 is 12.1 Å². The summed E-state index contributed by atoms with van der Waals surface area (Å²) in [5.41, 5.74) is 0.216. The predicted molar refractivity (Wildman–Crippen MR) is 182 cm³/mol. The molecule has 0 aliphatic carbocycles. The Balaban J connectivity index is 1.48. The van der Waals surface area contributed by atoms with Gasteiger partial charge in [0.2, 0.25) is 23.6 Å². The fourth-order valence-electron chi connectivity index (χ4n) is 5.67. The number of benzene rings is 1. The van der Waals surface area contributed by atoms with Crippen molar-refractivity contribution in [2.75, 3.05) is 53.4 Å². The van der Waals surface area contributed by atoms with E-state index in [1.165, 1.54) is 0 Å². The van der Waals surface area contributed by atoms with Crippen molar-refractivity contribution < 1.29 is 28.7 Å². The molecule has 47 heavy (non-hydrogen) atoms. The van der Waals surface area contributed by atoms with Crippen molar-refractivity contribution in [1.82, 2.24) is 34.8 Å². The van der Waals surface area contributed by atoms with E-state index in [0.717, 1.165) is 31.5 Å². The van der Waals surface area contributed by atoms with Crippen molar-refractivity contribution in [2.45, 2.75) is 78.0 Å². The highest BCUT2D eigenvalue weighted by Gasteiger charge is 2.46. The van der Waals surface area contributed by atoms with Crippen LogP contribution in [0.4, 0.5) is 4.79 Å². The molecule has 2 atom stereocenters. The molecule has 0 bridgehead atoms. The first-order valence-electron chi connectivity index (χ1n) is 16.3. The van der Waals surface area contributed by atoms with Crippen molar-refractivity contribution in [3.8, 4) is 0 Å². The van der Waals surface area contributed by atoms with Gasteiger partial charge in [0, 0.05) is 50.1 Å². The van der Waals surface area contributed by atoms with Gasteiger partial charge in [-0.25, -0.2) is 13.4 Å². The molecule has 13 nitrogen and oxygen atoms in total. The summed E-state index contributed by atoms with van der Waals surface area (Å²) in [7, 11) is 4.05. The Kier molecular flexibility index (Phi) is 13.9. The SMILES string of the molecule is CC(C)CC(NC(=O)CNC(=O)C(Cc1ccccc1)NC(=O)OC(C)(C)C)C(=O)NCC(=O)N1CC2(CCN(SN(C)C)CC2)C1. The average molecular weight is 676 g/mol. The van der Waals surface area contributed by atoms with E-state index in [-0.39, 0.29) is 30.2 Å². The lowest BCUT2D eigenvalue weighted by molar-refractivity contribution is -0.146. The van der Waals surface area contributed by atoms with Crippen molar-refractivity contribution in [3.05, 3.63) is 35.9 Å². The molecule has 262 valence electrons. The van der Waals surface area contributed by atoms with E-state index in [0.29, 0.717) is 19.5 Å². The highest BCUT2D eigenvalue weighted by molar-refractivity contribution is 7.94. The second kappa shape index (κ2) is 17.2. The van der Waals surface area contributed by atoms with Crippen LogP contribution in [0, 0.1) is 11.3 Å². The number of piperidine rings is 1. The van der Waals surface area contributed by atoms with Crippen LogP contribution in [0.2, 0.25) is 0 Å². The molecule has 1 spiro atoms. The maximum absolute atomic E-state index is 13.1. The molecule has 2 unspecified atom stereocenters. The minimum atomic E-state index is -0.994. The Labute approximate surface area is 283 Å². The Hall–Kier alpha value is -3.36. The molecule has 2 saturated heterocycles. The molecular formula is C33H53N7O6S. The number of ether oxygens (including phenoxy) is 1. The van der Waals surface area contributed by atoms with Gasteiger partial charge in [-0.3, -0.25) is 19.2 Å². The van der Waals surface area contributed by atoms with Crippen LogP contribution in [0.15, 0.2) is 30.3 Å². The Morgan fingerprint density at radius 1 is 0.915 bits per heavy atom. The van der Waals surface area contributed by atoms with Crippen molar-refractivity contribution in [3.63, 3.8) is 0 Å². The van der Waals surface area contributed by atoms with E-state index in [4.69, 9.17) is 4.74 Å². The van der Waals surface area contributed by atoms with E-state index in [1.807, 2.05) is 58.3 Å². The average Bonchev–Trinajstić information content (AvgIpc) is 2.96. The fourth-order valence-corrected chi connectivity index (χ4v) is 6.48. The maximum atomic E-state index is 13.1. The van der Waals surface area contributed by atoms with Gasteiger partial charge in [-0.15, -0.1) is 0 Å². The number of carbonyl (C=O) groups excluding carboxylic acids is 5. The summed E-state index contributed by atoms with van der Waals surface area (Å²) in [5, 5.41) is 10.6. The lowest BCUT2D eigenvalue weighted by atomic mass is 9.72. The highest BCUT2D eigenvalue weighted by atomic mass is 32.2. The van der Waals surface area contributed by atoms with Crippen LogP contribution in [-0.4, -0.2) is 114 Å². The molecular weight excluding hydrogens is 622 g/mol. The quantitative estimate of drug-likeness (QED) is 0.217. The van der Waals surface area contributed by atoms with E-state index in [1.54, 1.807) is 37.8 Å². The van der Waals surface area contributed by atoms with Gasteiger partial charge in [-0.05, 0) is 65.6 Å². The lowest BCUT2D eigenvalue weighted by Crippen LogP contribution is -2.63. The molecule has 0 aromatic heterocycles. The Morgan fingerprint density at radius 3 is 2.09 bits per heavy atom. The summed E-state index contributed by atoms with van der Waals surface area (Å²) >= 11 is 1.72. The first kappa shape index (κ1) is 38.1. The summed E-state index contributed by atoms with van der Waals surface area (Å²) in [5.74, 6) is -1.65. The smallest absolute Gasteiger partial charge is 0.408 e. The van der Waals surface area contributed by atoms with Crippen LogP contribution in [0.1, 0.15) is 59.4 Å². The minimum Gasteiger partial charge on any atom is -0.444 e. The second-order valence-electron chi connectivity index (χ2n) is 14.1. The topological polar surface area (TPSA) is 152 Å². The number of nitrogens with one attached hydrogen (secondary N) is 4. The molecule has 1 aromatic rings. The molecule has 2 aliphatic heterocycles. The summed E-state index contributed by atoms with van der Waals surface area (Å²) < 4.78 is 9.75. The number of carbonyl (C=O) groups is 5. The summed E-state index contributed by atoms with van der Waals surface area (Å²) in [4.78, 5) is 66.2. The van der Waals surface area contributed by atoms with Gasteiger partial charge in [0.1, 0.15) is 17.7 Å². The van der Waals surface area contributed by atoms with Gasteiger partial charge in [-0.2, -0.15) is 0 Å². The standard InChI is InChI=1S/C33H53N7O6S/c1-23(2)17-25(29(43)35-20-28(42)39-21-33(22-39)13-15-40(16-14-33)47-38(6)7)36-27(41)19-34-30(44)26(18-24-11-9-8-10-12-24)37-31(45)46-32(3,4)5/h8-12,23,25-26H,13-22H2,1-7H3,(H,34,44)(H,35,43)(H,36,41)(H,37,45). The number of alkyl carbamates (subject to hydrolysis) is 1. The summed E-state index contributed by atoms with van der Waals surface area (Å²) in [6.45, 7) is 11.8. The molecule has 1 aromatic carbocycles. The molecule has 2 aliphatic rings. The molecule has 14 heteroatoms. The van der Waals surface area contributed by atoms with Gasteiger partial charge in [0.05, 0.1) is 13.1 Å². The van der Waals surface area contributed by atoms with Gasteiger partial charge in [0.15, 0.2) is 0 Å². The van der Waals surface area contributed by atoms with Crippen LogP contribution in [0.5, 0.6) is 0 Å². The predicted octanol–water partition coefficient (Wildman–Crippen LogP) is 1.93. The van der Waals surface area contributed by atoms with Gasteiger partial charge >= 0.3 is 6.09 Å². The second-order valence-corrected chi connectivity index (χ2v) is 15.6. The molecule has 2 fully saturated rings. The zero-order chi connectivity index (χ0) is 34.8. The number of amides is 5. The van der Waals surface area contributed by atoms with Crippen molar-refractivity contribution >= 4 is 41.9 Å². The third-order valence-corrected chi connectivity index (χ3v) is 8.88. The van der Waals surface area contributed by atoms with Crippen LogP contribution < -0.4 is 21.3 Å². The number of likely N-dealkylation sites (tertiary alicyclic amines) is 1. The first-order valence-corrected chi connectivity index (χ1v) is 17.0. The molecule has 0 saturated carbocycles. The maximum Gasteiger partial charge on any atom is 0.408 e. The highest BCUT2D eigenvalue weighted by Crippen LogP contribution is 2.41. The van der Waals surface area contributed by atoms with Crippen LogP contribution in [0.3, 0.4) is 0 Å².